The molecule has 0 atom stereocenters. The predicted octanol–water partition coefficient (Wildman–Crippen LogP) is 5.03. The van der Waals surface area contributed by atoms with E-state index in [1.54, 1.807) is 43.3 Å². The van der Waals surface area contributed by atoms with Gasteiger partial charge in [0.2, 0.25) is 5.91 Å². The molecule has 2 aliphatic rings. The Kier molecular flexibility index (Phi) is 7.22. The van der Waals surface area contributed by atoms with Crippen molar-refractivity contribution < 1.29 is 22.7 Å². The standard InChI is InChI=1S/C30H26N4O5S2/c1-2-39-29(36)28-25-17-12-20-8-6-7-11-24(20)27(25)31-34(28)22-13-15-23(16-14-22)41(37,38)32-30-33(26(35)18-19-40-30)21-9-4-3-5-10-21/h3-11,13-16H,2,12,17-19H2,1H3/b32-30-. The van der Waals surface area contributed by atoms with Gasteiger partial charge in [0.05, 0.1) is 28.6 Å². The Hall–Kier alpha value is -4.22. The van der Waals surface area contributed by atoms with Gasteiger partial charge in [-0.2, -0.15) is 13.5 Å². The molecular weight excluding hydrogens is 560 g/mol. The van der Waals surface area contributed by atoms with Crippen LogP contribution in [0.25, 0.3) is 16.9 Å². The zero-order valence-electron chi connectivity index (χ0n) is 22.2. The lowest BCUT2D eigenvalue weighted by molar-refractivity contribution is -0.117. The topological polar surface area (TPSA) is 111 Å². The Labute approximate surface area is 241 Å². The number of aromatic nitrogens is 2. The van der Waals surface area contributed by atoms with Crippen LogP contribution in [0.3, 0.4) is 0 Å². The summed E-state index contributed by atoms with van der Waals surface area (Å²) in [5.74, 6) is -0.252. The van der Waals surface area contributed by atoms with Crippen LogP contribution in [-0.4, -0.2) is 47.6 Å². The molecule has 0 spiro atoms. The minimum atomic E-state index is -4.15. The van der Waals surface area contributed by atoms with Crippen LogP contribution in [0.2, 0.25) is 0 Å². The maximum Gasteiger partial charge on any atom is 0.357 e. The Morgan fingerprint density at radius 2 is 1.68 bits per heavy atom. The summed E-state index contributed by atoms with van der Waals surface area (Å²) in [6.45, 7) is 1.96. The zero-order chi connectivity index (χ0) is 28.6. The third-order valence-electron chi connectivity index (χ3n) is 6.95. The van der Waals surface area contributed by atoms with Crippen LogP contribution < -0.4 is 4.90 Å². The van der Waals surface area contributed by atoms with E-state index in [-0.39, 0.29) is 29.0 Å². The molecule has 208 valence electrons. The molecule has 1 saturated heterocycles. The van der Waals surface area contributed by atoms with Crippen LogP contribution in [0, 0.1) is 0 Å². The van der Waals surface area contributed by atoms with Crippen molar-refractivity contribution in [2.45, 2.75) is 31.1 Å². The minimum Gasteiger partial charge on any atom is -0.461 e. The van der Waals surface area contributed by atoms with Gasteiger partial charge in [0.15, 0.2) is 10.9 Å². The number of benzene rings is 3. The second kappa shape index (κ2) is 11.0. The largest absolute Gasteiger partial charge is 0.461 e. The average Bonchev–Trinajstić information content (AvgIpc) is 3.38. The number of ether oxygens (including phenoxy) is 1. The monoisotopic (exact) mass is 586 g/mol. The molecule has 0 radical (unpaired) electrons. The van der Waals surface area contributed by atoms with E-state index >= 15 is 0 Å². The fourth-order valence-corrected chi connectivity index (χ4v) is 7.23. The van der Waals surface area contributed by atoms with Crippen molar-refractivity contribution in [1.29, 1.82) is 0 Å². The van der Waals surface area contributed by atoms with Gasteiger partial charge in [-0.1, -0.05) is 54.2 Å². The number of nitrogens with zero attached hydrogens (tertiary/aromatic N) is 4. The molecule has 1 aliphatic carbocycles. The predicted molar refractivity (Wildman–Crippen MR) is 158 cm³/mol. The number of hydrogen-bond acceptors (Lipinski definition) is 7. The highest BCUT2D eigenvalue weighted by molar-refractivity contribution is 8.15. The Bertz CT molecular complexity index is 1780. The van der Waals surface area contributed by atoms with E-state index in [1.165, 1.54) is 33.5 Å². The van der Waals surface area contributed by atoms with Gasteiger partial charge in [0.25, 0.3) is 10.0 Å². The summed E-state index contributed by atoms with van der Waals surface area (Å²) in [4.78, 5) is 27.1. The molecule has 6 rings (SSSR count). The van der Waals surface area contributed by atoms with Crippen LogP contribution >= 0.6 is 11.8 Å². The highest BCUT2D eigenvalue weighted by atomic mass is 32.2. The molecule has 11 heteroatoms. The van der Waals surface area contributed by atoms with Gasteiger partial charge in [0.1, 0.15) is 0 Å². The number of esters is 1. The normalized spacial score (nSPS) is 15.9. The SMILES string of the molecule is CCOC(=O)c1c2c(nn1-c1ccc(S(=O)(=O)/N=C3\SCCC(=O)N3c3ccccc3)cc1)-c1ccccc1CC2. The van der Waals surface area contributed by atoms with Gasteiger partial charge >= 0.3 is 5.97 Å². The fourth-order valence-electron chi connectivity index (χ4n) is 5.05. The lowest BCUT2D eigenvalue weighted by Gasteiger charge is -2.27. The number of hydrogen-bond donors (Lipinski definition) is 0. The summed E-state index contributed by atoms with van der Waals surface area (Å²) >= 11 is 1.22. The van der Waals surface area contributed by atoms with E-state index in [1.807, 2.05) is 24.3 Å². The number of fused-ring (bicyclic) bond motifs is 3. The average molecular weight is 587 g/mol. The summed E-state index contributed by atoms with van der Waals surface area (Å²) in [6.07, 6.45) is 1.70. The van der Waals surface area contributed by atoms with E-state index in [9.17, 15) is 18.0 Å². The molecule has 1 amide bonds. The number of thioether (sulfide) groups is 1. The van der Waals surface area contributed by atoms with E-state index in [0.29, 0.717) is 29.2 Å². The number of anilines is 1. The number of carbonyl (C=O) groups is 2. The summed E-state index contributed by atoms with van der Waals surface area (Å²) in [7, 11) is -4.15. The molecule has 1 aliphatic heterocycles. The molecule has 41 heavy (non-hydrogen) atoms. The maximum absolute atomic E-state index is 13.4. The summed E-state index contributed by atoms with van der Waals surface area (Å²) in [6, 6.07) is 22.9. The minimum absolute atomic E-state index is 0.0414. The summed E-state index contributed by atoms with van der Waals surface area (Å²) in [5.41, 5.74) is 5.07. The molecule has 1 fully saturated rings. The third kappa shape index (κ3) is 5.07. The molecule has 9 nitrogen and oxygen atoms in total. The van der Waals surface area contributed by atoms with Crippen LogP contribution in [0.4, 0.5) is 5.69 Å². The van der Waals surface area contributed by atoms with Crippen molar-refractivity contribution in [3.63, 3.8) is 0 Å². The molecule has 0 saturated carbocycles. The maximum atomic E-state index is 13.4. The summed E-state index contributed by atoms with van der Waals surface area (Å²) in [5, 5.41) is 4.90. The lowest BCUT2D eigenvalue weighted by atomic mass is 9.89. The Morgan fingerprint density at radius 3 is 2.44 bits per heavy atom. The van der Waals surface area contributed by atoms with Gasteiger partial charge in [-0.25, -0.2) is 9.48 Å². The zero-order valence-corrected chi connectivity index (χ0v) is 23.8. The second-order valence-electron chi connectivity index (χ2n) is 9.47. The third-order valence-corrected chi connectivity index (χ3v) is 9.29. The van der Waals surface area contributed by atoms with Crippen LogP contribution in [0.5, 0.6) is 0 Å². The molecule has 4 aromatic rings. The molecular formula is C30H26N4O5S2. The molecule has 0 unspecified atom stereocenters. The van der Waals surface area contributed by atoms with Crippen LogP contribution in [-0.2, 0) is 32.4 Å². The number of sulfonamides is 1. The first-order chi connectivity index (χ1) is 19.9. The highest BCUT2D eigenvalue weighted by Gasteiger charge is 2.31. The van der Waals surface area contributed by atoms with Crippen LogP contribution in [0.15, 0.2) is 88.2 Å². The van der Waals surface area contributed by atoms with Crippen molar-refractivity contribution >= 4 is 44.5 Å². The van der Waals surface area contributed by atoms with Crippen molar-refractivity contribution in [3.05, 3.63) is 95.7 Å². The summed E-state index contributed by atoms with van der Waals surface area (Å²) < 4.78 is 37.7. The number of amidine groups is 1. The number of amides is 1. The molecule has 0 bridgehead atoms. The second-order valence-corrected chi connectivity index (χ2v) is 12.1. The smallest absolute Gasteiger partial charge is 0.357 e. The van der Waals surface area contributed by atoms with E-state index < -0.39 is 16.0 Å². The first-order valence-corrected chi connectivity index (χ1v) is 15.6. The number of carbonyl (C=O) groups excluding carboxylic acids is 2. The lowest BCUT2D eigenvalue weighted by Crippen LogP contribution is -2.39. The quantitative estimate of drug-likeness (QED) is 0.292. The molecule has 0 N–H and O–H groups in total. The van der Waals surface area contributed by atoms with Gasteiger partial charge in [-0.15, -0.1) is 4.40 Å². The first-order valence-electron chi connectivity index (χ1n) is 13.2. The Morgan fingerprint density at radius 1 is 0.951 bits per heavy atom. The highest BCUT2D eigenvalue weighted by Crippen LogP contribution is 2.36. The molecule has 2 heterocycles. The molecule has 1 aromatic heterocycles. The molecule has 3 aromatic carbocycles. The number of aryl methyl sites for hydroxylation is 1. The van der Waals surface area contributed by atoms with E-state index in [4.69, 9.17) is 9.84 Å². The van der Waals surface area contributed by atoms with Crippen molar-refractivity contribution in [2.75, 3.05) is 17.3 Å². The van der Waals surface area contributed by atoms with E-state index in [2.05, 4.69) is 10.5 Å². The number of para-hydroxylation sites is 1. The first kappa shape index (κ1) is 27.0. The van der Waals surface area contributed by atoms with Crippen molar-refractivity contribution in [3.8, 4) is 16.9 Å². The van der Waals surface area contributed by atoms with Crippen LogP contribution in [0.1, 0.15) is 35.0 Å². The van der Waals surface area contributed by atoms with E-state index in [0.717, 1.165) is 28.8 Å². The van der Waals surface area contributed by atoms with Gasteiger partial charge in [-0.05, 0) is 61.7 Å². The fraction of sp³-hybridized carbons (Fsp3) is 0.200. The van der Waals surface area contributed by atoms with Gasteiger partial charge in [0, 0.05) is 23.3 Å². The van der Waals surface area contributed by atoms with Gasteiger partial charge < -0.3 is 4.74 Å². The van der Waals surface area contributed by atoms with Crippen molar-refractivity contribution in [2.24, 2.45) is 4.40 Å². The van der Waals surface area contributed by atoms with Gasteiger partial charge in [-0.3, -0.25) is 9.69 Å². The number of rotatable bonds is 6. The van der Waals surface area contributed by atoms with Crippen molar-refractivity contribution in [1.82, 2.24) is 9.78 Å². The Balaban J connectivity index is 1.37.